The van der Waals surface area contributed by atoms with Crippen LogP contribution in [0.5, 0.6) is 5.75 Å². The summed E-state index contributed by atoms with van der Waals surface area (Å²) in [6, 6.07) is 8.57. The quantitative estimate of drug-likeness (QED) is 0.839. The van der Waals surface area contributed by atoms with Crippen molar-refractivity contribution in [2.45, 2.75) is 25.2 Å². The van der Waals surface area contributed by atoms with E-state index < -0.39 is 0 Å². The molecule has 0 amide bonds. The molecule has 1 aliphatic heterocycles. The molecule has 1 saturated carbocycles. The summed E-state index contributed by atoms with van der Waals surface area (Å²) in [5.41, 5.74) is 1.89. The first-order chi connectivity index (χ1) is 7.87. The third-order valence-corrected chi connectivity index (χ3v) is 4.10. The molecule has 2 atom stereocenters. The van der Waals surface area contributed by atoms with E-state index in [0.717, 1.165) is 31.4 Å². The summed E-state index contributed by atoms with van der Waals surface area (Å²) in [6.45, 7) is 5.29. The summed E-state index contributed by atoms with van der Waals surface area (Å²) in [4.78, 5) is 0. The lowest BCUT2D eigenvalue weighted by Crippen LogP contribution is -2.26. The second kappa shape index (κ2) is 3.77. The molecule has 2 heteroatoms. The summed E-state index contributed by atoms with van der Waals surface area (Å²) in [5, 5.41) is 3.47. The minimum atomic E-state index is 0.441. The summed E-state index contributed by atoms with van der Waals surface area (Å²) in [6.07, 6.45) is 2.53. The van der Waals surface area contributed by atoms with Crippen LogP contribution in [-0.2, 0) is 5.41 Å². The number of benzene rings is 1. The van der Waals surface area contributed by atoms with Gasteiger partial charge in [0.1, 0.15) is 5.75 Å². The molecule has 1 heterocycles. The van der Waals surface area contributed by atoms with E-state index in [1.807, 2.05) is 0 Å². The van der Waals surface area contributed by atoms with Crippen molar-refractivity contribution in [2.24, 2.45) is 5.92 Å². The number of para-hydroxylation sites is 1. The fraction of sp³-hybridized carbons (Fsp3) is 0.571. The maximum atomic E-state index is 5.73. The molecule has 2 nitrogen and oxygen atoms in total. The van der Waals surface area contributed by atoms with E-state index in [0.29, 0.717) is 5.41 Å². The van der Waals surface area contributed by atoms with E-state index in [1.54, 1.807) is 0 Å². The monoisotopic (exact) mass is 217 g/mol. The highest BCUT2D eigenvalue weighted by molar-refractivity contribution is 5.46. The van der Waals surface area contributed by atoms with Gasteiger partial charge >= 0.3 is 0 Å². The SMILES string of the molecule is CCNCC1CC12CCOc1ccccc12. The van der Waals surface area contributed by atoms with Crippen LogP contribution in [0.25, 0.3) is 0 Å². The molecule has 3 rings (SSSR count). The number of hydrogen-bond acceptors (Lipinski definition) is 2. The first-order valence-corrected chi connectivity index (χ1v) is 6.30. The Balaban J connectivity index is 1.84. The Hall–Kier alpha value is -1.02. The van der Waals surface area contributed by atoms with Crippen molar-refractivity contribution in [1.82, 2.24) is 5.32 Å². The highest BCUT2D eigenvalue weighted by Gasteiger charge is 2.56. The van der Waals surface area contributed by atoms with Crippen LogP contribution in [0.1, 0.15) is 25.3 Å². The van der Waals surface area contributed by atoms with Crippen LogP contribution in [0.3, 0.4) is 0 Å². The molecule has 1 fully saturated rings. The zero-order valence-corrected chi connectivity index (χ0v) is 9.83. The molecule has 0 saturated heterocycles. The van der Waals surface area contributed by atoms with Crippen molar-refractivity contribution in [1.29, 1.82) is 0 Å². The maximum Gasteiger partial charge on any atom is 0.123 e. The standard InChI is InChI=1S/C14H19NO/c1-2-15-10-11-9-14(11)7-8-16-13-6-4-3-5-12(13)14/h3-6,11,15H,2,7-10H2,1H3. The molecule has 86 valence electrons. The largest absolute Gasteiger partial charge is 0.493 e. The number of nitrogens with one attached hydrogen (secondary N) is 1. The van der Waals surface area contributed by atoms with Crippen LogP contribution in [-0.4, -0.2) is 19.7 Å². The van der Waals surface area contributed by atoms with Crippen molar-refractivity contribution in [2.75, 3.05) is 19.7 Å². The lowest BCUT2D eigenvalue weighted by Gasteiger charge is -2.27. The highest BCUT2D eigenvalue weighted by atomic mass is 16.5. The third-order valence-electron chi connectivity index (χ3n) is 4.10. The van der Waals surface area contributed by atoms with Gasteiger partial charge in [0.25, 0.3) is 0 Å². The fourth-order valence-corrected chi connectivity index (χ4v) is 3.08. The molecule has 1 aromatic carbocycles. The number of rotatable bonds is 3. The van der Waals surface area contributed by atoms with E-state index in [1.165, 1.54) is 18.4 Å². The van der Waals surface area contributed by atoms with Gasteiger partial charge in [0.15, 0.2) is 0 Å². The average Bonchev–Trinajstić information content (AvgIpc) is 3.01. The first kappa shape index (κ1) is 10.2. The lowest BCUT2D eigenvalue weighted by molar-refractivity contribution is 0.253. The molecule has 1 spiro atoms. The minimum Gasteiger partial charge on any atom is -0.493 e. The Morgan fingerprint density at radius 1 is 1.44 bits per heavy atom. The first-order valence-electron chi connectivity index (χ1n) is 6.30. The molecule has 0 aromatic heterocycles. The minimum absolute atomic E-state index is 0.441. The zero-order valence-electron chi connectivity index (χ0n) is 9.83. The predicted octanol–water partition coefficient (Wildman–Crippen LogP) is 2.34. The van der Waals surface area contributed by atoms with E-state index >= 15 is 0 Å². The Kier molecular flexibility index (Phi) is 2.40. The normalized spacial score (nSPS) is 30.9. The summed E-state index contributed by atoms with van der Waals surface area (Å²) < 4.78 is 5.73. The van der Waals surface area contributed by atoms with E-state index in [4.69, 9.17) is 4.74 Å². The van der Waals surface area contributed by atoms with Gasteiger partial charge < -0.3 is 10.1 Å². The van der Waals surface area contributed by atoms with Gasteiger partial charge in [-0.3, -0.25) is 0 Å². The van der Waals surface area contributed by atoms with Crippen LogP contribution < -0.4 is 10.1 Å². The van der Waals surface area contributed by atoms with Crippen LogP contribution in [0, 0.1) is 5.92 Å². The molecule has 2 unspecified atom stereocenters. The number of ether oxygens (including phenoxy) is 1. The topological polar surface area (TPSA) is 21.3 Å². The molecule has 16 heavy (non-hydrogen) atoms. The van der Waals surface area contributed by atoms with Gasteiger partial charge in [0.05, 0.1) is 6.61 Å². The second-order valence-corrected chi connectivity index (χ2v) is 4.96. The van der Waals surface area contributed by atoms with Crippen molar-refractivity contribution in [3.05, 3.63) is 29.8 Å². The molecule has 1 aliphatic carbocycles. The van der Waals surface area contributed by atoms with Crippen molar-refractivity contribution < 1.29 is 4.74 Å². The van der Waals surface area contributed by atoms with Crippen molar-refractivity contribution in [3.63, 3.8) is 0 Å². The smallest absolute Gasteiger partial charge is 0.123 e. The summed E-state index contributed by atoms with van der Waals surface area (Å²) in [5.74, 6) is 1.94. The van der Waals surface area contributed by atoms with E-state index in [-0.39, 0.29) is 0 Å². The van der Waals surface area contributed by atoms with Gasteiger partial charge in [-0.2, -0.15) is 0 Å². The van der Waals surface area contributed by atoms with Gasteiger partial charge in [0.2, 0.25) is 0 Å². The van der Waals surface area contributed by atoms with Gasteiger partial charge in [-0.25, -0.2) is 0 Å². The van der Waals surface area contributed by atoms with Gasteiger partial charge in [-0.1, -0.05) is 25.1 Å². The van der Waals surface area contributed by atoms with Gasteiger partial charge in [-0.05, 0) is 37.9 Å². The van der Waals surface area contributed by atoms with Crippen LogP contribution in [0.15, 0.2) is 24.3 Å². The Morgan fingerprint density at radius 3 is 3.19 bits per heavy atom. The third kappa shape index (κ3) is 1.44. The predicted molar refractivity (Wildman–Crippen MR) is 64.9 cm³/mol. The molecule has 1 N–H and O–H groups in total. The molecule has 0 bridgehead atoms. The van der Waals surface area contributed by atoms with E-state index in [9.17, 15) is 0 Å². The lowest BCUT2D eigenvalue weighted by atomic mass is 9.87. The van der Waals surface area contributed by atoms with Gasteiger partial charge in [0, 0.05) is 11.0 Å². The molecule has 2 aliphatic rings. The molecule has 1 aromatic rings. The van der Waals surface area contributed by atoms with Crippen LogP contribution in [0.4, 0.5) is 0 Å². The van der Waals surface area contributed by atoms with Crippen LogP contribution in [0.2, 0.25) is 0 Å². The Morgan fingerprint density at radius 2 is 2.31 bits per heavy atom. The number of hydrogen-bond donors (Lipinski definition) is 1. The maximum absolute atomic E-state index is 5.73. The molecular formula is C14H19NO. The fourth-order valence-electron chi connectivity index (χ4n) is 3.08. The molecular weight excluding hydrogens is 198 g/mol. The molecule has 0 radical (unpaired) electrons. The number of fused-ring (bicyclic) bond motifs is 2. The average molecular weight is 217 g/mol. The Bertz CT molecular complexity index is 390. The summed E-state index contributed by atoms with van der Waals surface area (Å²) >= 11 is 0. The highest BCUT2D eigenvalue weighted by Crippen LogP contribution is 2.60. The van der Waals surface area contributed by atoms with Crippen molar-refractivity contribution in [3.8, 4) is 5.75 Å². The summed E-state index contributed by atoms with van der Waals surface area (Å²) in [7, 11) is 0. The van der Waals surface area contributed by atoms with Crippen LogP contribution >= 0.6 is 0 Å². The Labute approximate surface area is 97.0 Å². The second-order valence-electron chi connectivity index (χ2n) is 4.96. The van der Waals surface area contributed by atoms with Crippen molar-refractivity contribution >= 4 is 0 Å². The van der Waals surface area contributed by atoms with E-state index in [2.05, 4.69) is 36.5 Å². The van der Waals surface area contributed by atoms with Gasteiger partial charge in [-0.15, -0.1) is 0 Å². The zero-order chi connectivity index (χ0) is 11.0.